The van der Waals surface area contributed by atoms with Crippen molar-refractivity contribution in [1.82, 2.24) is 5.32 Å². The normalized spacial score (nSPS) is 9.89. The van der Waals surface area contributed by atoms with Gasteiger partial charge in [-0.3, -0.25) is 0 Å². The number of amides is 2. The molecule has 1 aromatic carbocycles. The minimum Gasteiger partial charge on any atom is -0.495 e. The van der Waals surface area contributed by atoms with E-state index in [1.807, 2.05) is 0 Å². The van der Waals surface area contributed by atoms with E-state index in [9.17, 15) is 4.79 Å². The Morgan fingerprint density at radius 3 is 2.53 bits per heavy atom. The lowest BCUT2D eigenvalue weighted by Crippen LogP contribution is -2.29. The lowest BCUT2D eigenvalue weighted by atomic mass is 10.2. The van der Waals surface area contributed by atoms with Crippen LogP contribution in [0.4, 0.5) is 10.5 Å². The summed E-state index contributed by atoms with van der Waals surface area (Å²) in [5.41, 5.74) is 0.512. The average molecular weight is 287 g/mol. The number of ether oxygens (including phenoxy) is 2. The summed E-state index contributed by atoms with van der Waals surface area (Å²) in [6, 6.07) is 2.94. The quantitative estimate of drug-likeness (QED) is 0.789. The molecule has 0 fully saturated rings. The third-order valence-electron chi connectivity index (χ3n) is 2.54. The molecule has 0 aliphatic heterocycles. The molecular weight excluding hydrogens is 268 g/mol. The van der Waals surface area contributed by atoms with Gasteiger partial charge < -0.3 is 20.1 Å². The Balaban J connectivity index is 2.78. The third-order valence-corrected chi connectivity index (χ3v) is 2.83. The Bertz CT molecular complexity index is 438. The maximum atomic E-state index is 11.7. The summed E-state index contributed by atoms with van der Waals surface area (Å²) in [4.78, 5) is 11.7. The van der Waals surface area contributed by atoms with Crippen molar-refractivity contribution in [3.05, 3.63) is 17.2 Å². The molecule has 106 valence electrons. The molecule has 0 radical (unpaired) electrons. The van der Waals surface area contributed by atoms with E-state index in [4.69, 9.17) is 21.1 Å². The van der Waals surface area contributed by atoms with Crippen LogP contribution in [0.1, 0.15) is 19.8 Å². The van der Waals surface area contributed by atoms with Gasteiger partial charge in [0.25, 0.3) is 0 Å². The smallest absolute Gasteiger partial charge is 0.319 e. The van der Waals surface area contributed by atoms with Crippen molar-refractivity contribution in [2.75, 3.05) is 26.1 Å². The van der Waals surface area contributed by atoms with Gasteiger partial charge in [-0.05, 0) is 6.42 Å². The van der Waals surface area contributed by atoms with Gasteiger partial charge in [0.2, 0.25) is 0 Å². The van der Waals surface area contributed by atoms with Gasteiger partial charge >= 0.3 is 6.03 Å². The van der Waals surface area contributed by atoms with Crippen molar-refractivity contribution in [3.8, 4) is 11.5 Å². The SMILES string of the molecule is CCCCNC(=O)Nc1cc(OC)c(Cl)cc1OC. The lowest BCUT2D eigenvalue weighted by molar-refractivity contribution is 0.252. The molecule has 1 rings (SSSR count). The van der Waals surface area contributed by atoms with Crippen LogP contribution in [0.3, 0.4) is 0 Å². The van der Waals surface area contributed by atoms with Gasteiger partial charge in [0.15, 0.2) is 0 Å². The summed E-state index contributed by atoms with van der Waals surface area (Å²) in [7, 11) is 3.02. The highest BCUT2D eigenvalue weighted by molar-refractivity contribution is 6.32. The van der Waals surface area contributed by atoms with Crippen LogP contribution >= 0.6 is 11.6 Å². The van der Waals surface area contributed by atoms with Crippen LogP contribution in [-0.4, -0.2) is 26.8 Å². The van der Waals surface area contributed by atoms with E-state index in [0.717, 1.165) is 12.8 Å². The number of rotatable bonds is 6. The number of unbranched alkanes of at least 4 members (excludes halogenated alkanes) is 1. The standard InChI is InChI=1S/C13H19ClN2O3/c1-4-5-6-15-13(17)16-10-8-11(18-2)9(14)7-12(10)19-3/h7-8H,4-6H2,1-3H3,(H2,15,16,17). The van der Waals surface area contributed by atoms with E-state index in [2.05, 4.69) is 17.6 Å². The molecule has 0 bridgehead atoms. The van der Waals surface area contributed by atoms with Crippen molar-refractivity contribution in [2.24, 2.45) is 0 Å². The summed E-state index contributed by atoms with van der Waals surface area (Å²) in [5.74, 6) is 0.961. The van der Waals surface area contributed by atoms with Gasteiger partial charge in [0, 0.05) is 18.7 Å². The van der Waals surface area contributed by atoms with Crippen molar-refractivity contribution < 1.29 is 14.3 Å². The first-order valence-corrected chi connectivity index (χ1v) is 6.46. The summed E-state index contributed by atoms with van der Waals surface area (Å²) >= 11 is 5.99. The molecule has 5 nitrogen and oxygen atoms in total. The molecule has 0 aliphatic rings. The molecule has 0 aliphatic carbocycles. The van der Waals surface area contributed by atoms with Crippen LogP contribution in [0.2, 0.25) is 5.02 Å². The number of urea groups is 1. The Kier molecular flexibility index (Phi) is 6.29. The number of carbonyl (C=O) groups is 1. The average Bonchev–Trinajstić information content (AvgIpc) is 2.40. The molecule has 0 saturated carbocycles. The van der Waals surface area contributed by atoms with Crippen LogP contribution in [0, 0.1) is 0 Å². The van der Waals surface area contributed by atoms with E-state index >= 15 is 0 Å². The van der Waals surface area contributed by atoms with Gasteiger partial charge in [0.05, 0.1) is 24.9 Å². The number of anilines is 1. The summed E-state index contributed by atoms with van der Waals surface area (Å²) in [6.45, 7) is 2.70. The van der Waals surface area contributed by atoms with E-state index in [1.165, 1.54) is 14.2 Å². The predicted molar refractivity (Wildman–Crippen MR) is 76.5 cm³/mol. The number of benzene rings is 1. The zero-order valence-electron chi connectivity index (χ0n) is 11.4. The van der Waals surface area contributed by atoms with E-state index < -0.39 is 0 Å². The molecule has 0 unspecified atom stereocenters. The molecule has 2 N–H and O–H groups in total. The van der Waals surface area contributed by atoms with Crippen LogP contribution in [0.5, 0.6) is 11.5 Å². The van der Waals surface area contributed by atoms with Crippen LogP contribution in [0.15, 0.2) is 12.1 Å². The number of hydrogen-bond acceptors (Lipinski definition) is 3. The molecule has 2 amide bonds. The first kappa shape index (κ1) is 15.4. The van der Waals surface area contributed by atoms with E-state index in [-0.39, 0.29) is 6.03 Å². The molecular formula is C13H19ClN2O3. The topological polar surface area (TPSA) is 59.6 Å². The Hall–Kier alpha value is -1.62. The Labute approximate surface area is 118 Å². The number of methoxy groups -OCH3 is 2. The fourth-order valence-corrected chi connectivity index (χ4v) is 1.73. The maximum absolute atomic E-state index is 11.7. The van der Waals surface area contributed by atoms with E-state index in [1.54, 1.807) is 12.1 Å². The first-order valence-electron chi connectivity index (χ1n) is 6.08. The van der Waals surface area contributed by atoms with Crippen molar-refractivity contribution in [2.45, 2.75) is 19.8 Å². The summed E-state index contributed by atoms with van der Waals surface area (Å²) in [5, 5.41) is 5.89. The lowest BCUT2D eigenvalue weighted by Gasteiger charge is -2.13. The van der Waals surface area contributed by atoms with Crippen molar-refractivity contribution in [3.63, 3.8) is 0 Å². The second kappa shape index (κ2) is 7.74. The second-order valence-electron chi connectivity index (χ2n) is 3.92. The molecule has 0 spiro atoms. The first-order chi connectivity index (χ1) is 9.12. The molecule has 6 heteroatoms. The Morgan fingerprint density at radius 2 is 1.95 bits per heavy atom. The highest BCUT2D eigenvalue weighted by Gasteiger charge is 2.12. The van der Waals surface area contributed by atoms with Gasteiger partial charge in [-0.1, -0.05) is 24.9 Å². The molecule has 0 heterocycles. The zero-order chi connectivity index (χ0) is 14.3. The van der Waals surface area contributed by atoms with Crippen LogP contribution in [-0.2, 0) is 0 Å². The predicted octanol–water partition coefficient (Wildman–Crippen LogP) is 3.28. The molecule has 0 atom stereocenters. The summed E-state index contributed by atoms with van der Waals surface area (Å²) in [6.07, 6.45) is 1.97. The fourth-order valence-electron chi connectivity index (χ4n) is 1.50. The van der Waals surface area contributed by atoms with Gasteiger partial charge in [-0.2, -0.15) is 0 Å². The van der Waals surface area contributed by atoms with E-state index in [0.29, 0.717) is 28.8 Å². The fraction of sp³-hybridized carbons (Fsp3) is 0.462. The number of halogens is 1. The van der Waals surface area contributed by atoms with Gasteiger partial charge in [0.1, 0.15) is 11.5 Å². The number of carbonyl (C=O) groups excluding carboxylic acids is 1. The minimum absolute atomic E-state index is 0.281. The van der Waals surface area contributed by atoms with Crippen LogP contribution < -0.4 is 20.1 Å². The maximum Gasteiger partial charge on any atom is 0.319 e. The second-order valence-corrected chi connectivity index (χ2v) is 4.33. The van der Waals surface area contributed by atoms with Gasteiger partial charge in [-0.15, -0.1) is 0 Å². The Morgan fingerprint density at radius 1 is 1.26 bits per heavy atom. The minimum atomic E-state index is -0.281. The van der Waals surface area contributed by atoms with Crippen LogP contribution in [0.25, 0.3) is 0 Å². The zero-order valence-corrected chi connectivity index (χ0v) is 12.1. The third kappa shape index (κ3) is 4.52. The molecule has 0 aromatic heterocycles. The van der Waals surface area contributed by atoms with Crippen molar-refractivity contribution in [1.29, 1.82) is 0 Å². The highest BCUT2D eigenvalue weighted by atomic mass is 35.5. The monoisotopic (exact) mass is 286 g/mol. The largest absolute Gasteiger partial charge is 0.495 e. The number of nitrogens with one attached hydrogen (secondary N) is 2. The highest BCUT2D eigenvalue weighted by Crippen LogP contribution is 2.35. The molecule has 0 saturated heterocycles. The number of hydrogen-bond donors (Lipinski definition) is 2. The van der Waals surface area contributed by atoms with Gasteiger partial charge in [-0.25, -0.2) is 4.79 Å². The summed E-state index contributed by atoms with van der Waals surface area (Å²) < 4.78 is 10.3. The molecule has 19 heavy (non-hydrogen) atoms. The molecule has 1 aromatic rings. The van der Waals surface area contributed by atoms with Crippen molar-refractivity contribution >= 4 is 23.3 Å².